The van der Waals surface area contributed by atoms with Gasteiger partial charge in [0.15, 0.2) is 0 Å². The predicted molar refractivity (Wildman–Crippen MR) is 22.2 cm³/mol. The highest BCUT2D eigenvalue weighted by molar-refractivity contribution is 5.85. The molecule has 0 radical (unpaired) electrons. The Balaban J connectivity index is 0. The van der Waals surface area contributed by atoms with Gasteiger partial charge in [0.25, 0.3) is 0 Å². The lowest BCUT2D eigenvalue weighted by Gasteiger charge is -1.59. The number of hydrogen-bond acceptors (Lipinski definition) is 1. The Morgan fingerprint density at radius 1 is 1.25 bits per heavy atom. The van der Waals surface area contributed by atoms with Crippen molar-refractivity contribution >= 4 is 12.4 Å². The second-order valence-electron chi connectivity index (χ2n) is 0.500. The van der Waals surface area contributed by atoms with Crippen LogP contribution in [-0.4, -0.2) is 14.1 Å². The van der Waals surface area contributed by atoms with Gasteiger partial charge in [-0.05, 0) is 14.1 Å². The first-order valence-corrected chi connectivity index (χ1v) is 1.00. The molecule has 0 unspecified atom stereocenters. The first-order chi connectivity index (χ1) is 1.41. The summed E-state index contributed by atoms with van der Waals surface area (Å²) in [7, 11) is 3.75. The van der Waals surface area contributed by atoms with E-state index in [-0.39, 0.29) is 12.4 Å². The maximum atomic E-state index is 2.75. The molecular weight excluding hydrogens is 74.5 g/mol. The van der Waals surface area contributed by atoms with Crippen LogP contribution in [0, 0.1) is 0 Å². The molecule has 0 atom stereocenters. The minimum Gasteiger partial charge on any atom is -0.323 e. The standard InChI is InChI=1S/C2H7N.ClH/c1-3-2;/h3H,1-2H3;1H/i3+1;. The summed E-state index contributed by atoms with van der Waals surface area (Å²) in [6.07, 6.45) is 0. The SMILES string of the molecule is C[15NH]C.Cl. The molecule has 0 aromatic carbocycles. The molecule has 0 fully saturated rings. The third kappa shape index (κ3) is 56.3. The molecule has 0 aliphatic heterocycles. The lowest BCUT2D eigenvalue weighted by Crippen LogP contribution is -1.89. The van der Waals surface area contributed by atoms with E-state index < -0.39 is 0 Å². The van der Waals surface area contributed by atoms with E-state index in [1.54, 1.807) is 0 Å². The minimum absolute atomic E-state index is 0. The molecule has 0 aromatic heterocycles. The normalized spacial score (nSPS) is 4.50. The molecule has 1 nitrogen and oxygen atoms in total. The maximum Gasteiger partial charge on any atom is -0.0167 e. The second kappa shape index (κ2) is 10.5. The Labute approximate surface area is 32.8 Å². The highest BCUT2D eigenvalue weighted by Crippen LogP contribution is 0.981. The van der Waals surface area contributed by atoms with Crippen molar-refractivity contribution in [3.05, 3.63) is 0 Å². The van der Waals surface area contributed by atoms with Crippen molar-refractivity contribution in [1.29, 1.82) is 0 Å². The van der Waals surface area contributed by atoms with Crippen LogP contribution >= 0.6 is 12.4 Å². The molecular formula is C2H8ClN. The van der Waals surface area contributed by atoms with Crippen LogP contribution in [-0.2, 0) is 0 Å². The molecule has 0 aliphatic carbocycles. The molecule has 2 heteroatoms. The Morgan fingerprint density at radius 3 is 1.25 bits per heavy atom. The minimum atomic E-state index is 0. The first-order valence-electron chi connectivity index (χ1n) is 1.00. The fourth-order valence-corrected chi connectivity index (χ4v) is 0. The highest BCUT2D eigenvalue weighted by atomic mass is 35.5. The van der Waals surface area contributed by atoms with Gasteiger partial charge in [0.1, 0.15) is 0 Å². The summed E-state index contributed by atoms with van der Waals surface area (Å²) in [4.78, 5) is 0. The fraction of sp³-hybridized carbons (Fsp3) is 1.00. The molecule has 0 aromatic rings. The summed E-state index contributed by atoms with van der Waals surface area (Å²) >= 11 is 0. The number of rotatable bonds is 0. The van der Waals surface area contributed by atoms with Crippen molar-refractivity contribution in [2.45, 2.75) is 0 Å². The fourth-order valence-electron chi connectivity index (χ4n) is 0. The largest absolute Gasteiger partial charge is 0.323 e. The van der Waals surface area contributed by atoms with Crippen molar-refractivity contribution < 1.29 is 0 Å². The van der Waals surface area contributed by atoms with E-state index in [2.05, 4.69) is 5.32 Å². The Morgan fingerprint density at radius 2 is 1.25 bits per heavy atom. The lowest BCUT2D eigenvalue weighted by molar-refractivity contribution is 1.02. The van der Waals surface area contributed by atoms with E-state index in [0.29, 0.717) is 0 Å². The van der Waals surface area contributed by atoms with Crippen molar-refractivity contribution in [2.75, 3.05) is 14.1 Å². The number of nitrogens with one attached hydrogen (secondary N) is 1. The molecule has 4 heavy (non-hydrogen) atoms. The Kier molecular flexibility index (Phi) is 23.3. The molecule has 0 spiro atoms. The van der Waals surface area contributed by atoms with E-state index in [4.69, 9.17) is 0 Å². The third-order valence-electron chi connectivity index (χ3n) is 0. The second-order valence-corrected chi connectivity index (χ2v) is 0.500. The molecule has 0 heterocycles. The zero-order valence-corrected chi connectivity index (χ0v) is 3.72. The van der Waals surface area contributed by atoms with Crippen LogP contribution in [0.5, 0.6) is 0 Å². The summed E-state index contributed by atoms with van der Waals surface area (Å²) in [5, 5.41) is 2.75. The van der Waals surface area contributed by atoms with E-state index in [0.717, 1.165) is 0 Å². The van der Waals surface area contributed by atoms with Crippen molar-refractivity contribution in [2.24, 2.45) is 0 Å². The van der Waals surface area contributed by atoms with Crippen molar-refractivity contribution in [3.8, 4) is 0 Å². The zero-order chi connectivity index (χ0) is 2.71. The zero-order valence-electron chi connectivity index (χ0n) is 2.91. The molecule has 0 amide bonds. The molecule has 0 saturated carbocycles. The van der Waals surface area contributed by atoms with Gasteiger partial charge in [-0.1, -0.05) is 0 Å². The van der Waals surface area contributed by atoms with Crippen LogP contribution in [0.1, 0.15) is 0 Å². The number of halogens is 1. The van der Waals surface area contributed by atoms with Crippen molar-refractivity contribution in [1.82, 2.24) is 5.32 Å². The molecule has 0 saturated heterocycles. The summed E-state index contributed by atoms with van der Waals surface area (Å²) in [6.45, 7) is 0. The topological polar surface area (TPSA) is 12.0 Å². The van der Waals surface area contributed by atoms with Crippen LogP contribution in [0.4, 0.5) is 0 Å². The van der Waals surface area contributed by atoms with Gasteiger partial charge in [0.05, 0.1) is 0 Å². The molecule has 28 valence electrons. The van der Waals surface area contributed by atoms with Crippen LogP contribution < -0.4 is 5.32 Å². The average Bonchev–Trinajstić information content (AvgIpc) is 0.918. The van der Waals surface area contributed by atoms with Gasteiger partial charge in [-0.3, -0.25) is 0 Å². The van der Waals surface area contributed by atoms with E-state index in [1.165, 1.54) is 0 Å². The molecule has 0 bridgehead atoms. The van der Waals surface area contributed by atoms with Crippen LogP contribution in [0.15, 0.2) is 0 Å². The smallest absolute Gasteiger partial charge is 0.0167 e. The molecule has 1 N–H and O–H groups in total. The monoisotopic (exact) mass is 82.0 g/mol. The highest BCUT2D eigenvalue weighted by Gasteiger charge is 1.25. The van der Waals surface area contributed by atoms with Gasteiger partial charge in [0.2, 0.25) is 0 Å². The van der Waals surface area contributed by atoms with Crippen LogP contribution in [0.2, 0.25) is 0 Å². The van der Waals surface area contributed by atoms with Gasteiger partial charge in [0, 0.05) is 0 Å². The van der Waals surface area contributed by atoms with Crippen LogP contribution in [0.25, 0.3) is 0 Å². The van der Waals surface area contributed by atoms with Gasteiger partial charge in [-0.2, -0.15) is 0 Å². The third-order valence-corrected chi connectivity index (χ3v) is 0. The van der Waals surface area contributed by atoms with Gasteiger partial charge in [-0.15, -0.1) is 12.4 Å². The summed E-state index contributed by atoms with van der Waals surface area (Å²) < 4.78 is 0. The molecule has 0 aliphatic rings. The quantitative estimate of drug-likeness (QED) is 0.414. The van der Waals surface area contributed by atoms with Crippen LogP contribution in [0.3, 0.4) is 0 Å². The average molecular weight is 82.5 g/mol. The van der Waals surface area contributed by atoms with Gasteiger partial charge >= 0.3 is 0 Å². The maximum absolute atomic E-state index is 2.75. The number of hydrogen-bond donors (Lipinski definition) is 1. The van der Waals surface area contributed by atoms with Gasteiger partial charge < -0.3 is 5.32 Å². The Hall–Kier alpha value is 0.250. The summed E-state index contributed by atoms with van der Waals surface area (Å²) in [5.41, 5.74) is 0. The van der Waals surface area contributed by atoms with E-state index >= 15 is 0 Å². The summed E-state index contributed by atoms with van der Waals surface area (Å²) in [6, 6.07) is 0. The van der Waals surface area contributed by atoms with Gasteiger partial charge in [-0.25, -0.2) is 0 Å². The lowest BCUT2D eigenvalue weighted by atomic mass is 11.4. The molecule has 0 rings (SSSR count). The van der Waals surface area contributed by atoms with E-state index in [1.807, 2.05) is 14.1 Å². The first kappa shape index (κ1) is 8.87. The Bertz CT molecular complexity index is 6.00. The van der Waals surface area contributed by atoms with Crippen molar-refractivity contribution in [3.63, 3.8) is 0 Å². The van der Waals surface area contributed by atoms with E-state index in [9.17, 15) is 0 Å². The summed E-state index contributed by atoms with van der Waals surface area (Å²) in [5.74, 6) is 0. The predicted octanol–water partition coefficient (Wildman–Crippen LogP) is 0.257.